The monoisotopic (exact) mass is 514 g/mol. The van der Waals surface area contributed by atoms with Gasteiger partial charge >= 0.3 is 6.03 Å². The average Bonchev–Trinajstić information content (AvgIpc) is 3.12. The van der Waals surface area contributed by atoms with E-state index in [4.69, 9.17) is 12.2 Å². The number of nitrogens with one attached hydrogen (secondary N) is 2. The Balaban J connectivity index is 2.10. The summed E-state index contributed by atoms with van der Waals surface area (Å²) in [5, 5.41) is 12.4. The number of benzene rings is 2. The molecule has 0 bridgehead atoms. The van der Waals surface area contributed by atoms with Crippen LogP contribution in [0.2, 0.25) is 0 Å². The Morgan fingerprint density at radius 1 is 1.11 bits per heavy atom. The molecule has 0 atom stereocenters. The van der Waals surface area contributed by atoms with Crippen molar-refractivity contribution in [1.29, 1.82) is 0 Å². The highest BCUT2D eigenvalue weighted by molar-refractivity contribution is 7.90. The molecule has 0 unspecified atom stereocenters. The molecule has 8 nitrogen and oxygen atoms in total. The van der Waals surface area contributed by atoms with Crippen LogP contribution in [0.25, 0.3) is 11.1 Å². The normalized spacial score (nSPS) is 11.3. The number of nitrogens with zero attached hydrogens (tertiary/aromatic N) is 2. The molecule has 0 aliphatic carbocycles. The van der Waals surface area contributed by atoms with Gasteiger partial charge < -0.3 is 15.0 Å². The van der Waals surface area contributed by atoms with E-state index in [1.54, 1.807) is 19.1 Å². The Bertz CT molecular complexity index is 1320. The van der Waals surface area contributed by atoms with E-state index in [9.17, 15) is 18.3 Å². The number of aliphatic hydroxyl groups excluding tert-OH is 1. The molecule has 1 aromatic heterocycles. The van der Waals surface area contributed by atoms with Gasteiger partial charge in [-0.2, -0.15) is 0 Å². The van der Waals surface area contributed by atoms with Gasteiger partial charge in [-0.25, -0.2) is 22.9 Å². The number of aliphatic hydroxyl groups is 1. The van der Waals surface area contributed by atoms with Gasteiger partial charge in [0.15, 0.2) is 0 Å². The SMILES string of the molecule is CCCNC(=O)NS(=O)(=O)c1cc(Cn2c(CCC)nc(C)c2C(O)=S)ccc1-c1ccccc1. The summed E-state index contributed by atoms with van der Waals surface area (Å²) in [5.41, 5.74) is 2.89. The van der Waals surface area contributed by atoms with Crippen molar-refractivity contribution < 1.29 is 18.3 Å². The highest BCUT2D eigenvalue weighted by Crippen LogP contribution is 2.29. The second-order valence-electron chi connectivity index (χ2n) is 8.16. The maximum absolute atomic E-state index is 13.3. The van der Waals surface area contributed by atoms with Crippen LogP contribution in [-0.4, -0.2) is 40.7 Å². The minimum Gasteiger partial charge on any atom is -0.497 e. The first-order valence-corrected chi connectivity index (χ1v) is 13.3. The lowest BCUT2D eigenvalue weighted by molar-refractivity contribution is 0.246. The number of amides is 2. The molecule has 0 aliphatic heterocycles. The zero-order chi connectivity index (χ0) is 25.6. The zero-order valence-electron chi connectivity index (χ0n) is 20.0. The number of sulfonamides is 1. The van der Waals surface area contributed by atoms with E-state index >= 15 is 0 Å². The first-order valence-electron chi connectivity index (χ1n) is 11.5. The zero-order valence-corrected chi connectivity index (χ0v) is 21.7. The van der Waals surface area contributed by atoms with Crippen LogP contribution < -0.4 is 10.0 Å². The standard InChI is InChI=1S/C25H30N4O4S2/c1-4-9-22-27-17(3)23(24(30)34)29(22)16-18-12-13-20(19-10-7-6-8-11-19)21(15-18)35(32,33)28-25(31)26-14-5-2/h6-8,10-13,15H,4-5,9,14,16H2,1-3H3,(H,30,34)(H2,26,28,31). The lowest BCUT2D eigenvalue weighted by Crippen LogP contribution is -2.39. The maximum atomic E-state index is 13.3. The van der Waals surface area contributed by atoms with Crippen molar-refractivity contribution in [3.63, 3.8) is 0 Å². The molecule has 186 valence electrons. The smallest absolute Gasteiger partial charge is 0.328 e. The van der Waals surface area contributed by atoms with Crippen molar-refractivity contribution in [3.05, 3.63) is 71.3 Å². The van der Waals surface area contributed by atoms with Gasteiger partial charge in [0, 0.05) is 25.1 Å². The fraction of sp³-hybridized carbons (Fsp3) is 0.320. The summed E-state index contributed by atoms with van der Waals surface area (Å²) in [6.07, 6.45) is 2.20. The largest absolute Gasteiger partial charge is 0.497 e. The summed E-state index contributed by atoms with van der Waals surface area (Å²) in [4.78, 5) is 16.7. The number of carbonyl (C=O) groups is 1. The number of thiocarbonyl (C=S) groups is 1. The van der Waals surface area contributed by atoms with Crippen molar-refractivity contribution in [2.24, 2.45) is 0 Å². The van der Waals surface area contributed by atoms with Gasteiger partial charge in [-0.3, -0.25) is 0 Å². The Hall–Kier alpha value is -3.24. The molecule has 2 aromatic carbocycles. The Morgan fingerprint density at radius 3 is 2.46 bits per heavy atom. The molecule has 3 rings (SSSR count). The Kier molecular flexibility index (Phi) is 8.63. The maximum Gasteiger partial charge on any atom is 0.328 e. The Labute approximate surface area is 211 Å². The average molecular weight is 515 g/mol. The van der Waals surface area contributed by atoms with Crippen molar-refractivity contribution in [2.75, 3.05) is 6.54 Å². The summed E-state index contributed by atoms with van der Waals surface area (Å²) in [6.45, 7) is 6.30. The van der Waals surface area contributed by atoms with Crippen LogP contribution in [0.1, 0.15) is 49.5 Å². The Morgan fingerprint density at radius 2 is 1.83 bits per heavy atom. The van der Waals surface area contributed by atoms with Gasteiger partial charge in [-0.05, 0) is 49.2 Å². The predicted octanol–water partition coefficient (Wildman–Crippen LogP) is 4.49. The van der Waals surface area contributed by atoms with Crippen LogP contribution in [0, 0.1) is 6.92 Å². The quantitative estimate of drug-likeness (QED) is 0.344. The minimum atomic E-state index is -4.19. The third kappa shape index (κ3) is 6.26. The van der Waals surface area contributed by atoms with E-state index < -0.39 is 16.1 Å². The van der Waals surface area contributed by atoms with Gasteiger partial charge in [-0.15, -0.1) is 0 Å². The lowest BCUT2D eigenvalue weighted by Gasteiger charge is -2.16. The number of aryl methyl sites for hydroxylation is 2. The summed E-state index contributed by atoms with van der Waals surface area (Å²) in [6, 6.07) is 13.4. The lowest BCUT2D eigenvalue weighted by atomic mass is 10.0. The number of imidazole rings is 1. The van der Waals surface area contributed by atoms with Crippen LogP contribution in [0.3, 0.4) is 0 Å². The van der Waals surface area contributed by atoms with Crippen molar-refractivity contribution in [3.8, 4) is 11.1 Å². The van der Waals surface area contributed by atoms with E-state index in [-0.39, 0.29) is 16.5 Å². The highest BCUT2D eigenvalue weighted by atomic mass is 32.2. The van der Waals surface area contributed by atoms with E-state index in [0.717, 1.165) is 12.2 Å². The second kappa shape index (κ2) is 11.5. The fourth-order valence-corrected chi connectivity index (χ4v) is 5.33. The van der Waals surface area contributed by atoms with Crippen molar-refractivity contribution in [1.82, 2.24) is 19.6 Å². The molecule has 10 heteroatoms. The van der Waals surface area contributed by atoms with Gasteiger partial charge in [-0.1, -0.05) is 56.3 Å². The molecule has 0 saturated heterocycles. The molecule has 0 fully saturated rings. The molecule has 0 saturated carbocycles. The van der Waals surface area contributed by atoms with E-state index in [0.29, 0.717) is 47.5 Å². The fourth-order valence-electron chi connectivity index (χ4n) is 3.86. The molecule has 35 heavy (non-hydrogen) atoms. The summed E-state index contributed by atoms with van der Waals surface area (Å²) >= 11 is 5.05. The molecule has 3 aromatic rings. The predicted molar refractivity (Wildman–Crippen MR) is 140 cm³/mol. The molecule has 0 radical (unpaired) electrons. The summed E-state index contributed by atoms with van der Waals surface area (Å²) in [5.74, 6) is 0.755. The van der Waals surface area contributed by atoms with E-state index in [1.807, 2.05) is 54.8 Å². The van der Waals surface area contributed by atoms with Crippen LogP contribution in [-0.2, 0) is 23.0 Å². The molecule has 3 N–H and O–H groups in total. The van der Waals surface area contributed by atoms with Gasteiger partial charge in [0.2, 0.25) is 5.05 Å². The second-order valence-corrected chi connectivity index (χ2v) is 10.2. The minimum absolute atomic E-state index is 0.0187. The molecular weight excluding hydrogens is 484 g/mol. The summed E-state index contributed by atoms with van der Waals surface area (Å²) < 4.78 is 30.5. The van der Waals surface area contributed by atoms with Crippen LogP contribution in [0.15, 0.2) is 53.4 Å². The number of hydrogen-bond donors (Lipinski definition) is 3. The molecule has 1 heterocycles. The first kappa shape index (κ1) is 26.4. The number of urea groups is 1. The molecule has 2 amide bonds. The summed E-state index contributed by atoms with van der Waals surface area (Å²) in [7, 11) is -4.19. The number of hydrogen-bond acceptors (Lipinski definition) is 5. The van der Waals surface area contributed by atoms with E-state index in [2.05, 4.69) is 15.0 Å². The van der Waals surface area contributed by atoms with Gasteiger partial charge in [0.05, 0.1) is 10.6 Å². The molecule has 0 aliphatic rings. The van der Waals surface area contributed by atoms with Gasteiger partial charge in [0.1, 0.15) is 11.5 Å². The van der Waals surface area contributed by atoms with Crippen LogP contribution in [0.5, 0.6) is 0 Å². The van der Waals surface area contributed by atoms with Gasteiger partial charge in [0.25, 0.3) is 10.0 Å². The molecular formula is C25H30N4O4S2. The van der Waals surface area contributed by atoms with Crippen molar-refractivity contribution >= 4 is 33.3 Å². The number of rotatable bonds is 10. The first-order chi connectivity index (χ1) is 16.7. The third-order valence-corrected chi connectivity index (χ3v) is 6.99. The molecule has 0 spiro atoms. The van der Waals surface area contributed by atoms with Crippen LogP contribution in [0.4, 0.5) is 4.79 Å². The third-order valence-electron chi connectivity index (χ3n) is 5.42. The number of aromatic nitrogens is 2. The highest BCUT2D eigenvalue weighted by Gasteiger charge is 2.24. The number of carbonyl (C=O) groups excluding carboxylic acids is 1. The topological polar surface area (TPSA) is 113 Å². The van der Waals surface area contributed by atoms with Crippen LogP contribution >= 0.6 is 12.2 Å². The van der Waals surface area contributed by atoms with Crippen molar-refractivity contribution in [2.45, 2.75) is 51.5 Å². The van der Waals surface area contributed by atoms with E-state index in [1.165, 1.54) is 0 Å².